The zero-order valence-corrected chi connectivity index (χ0v) is 13.5. The minimum absolute atomic E-state index is 0.0135. The lowest BCUT2D eigenvalue weighted by molar-refractivity contribution is -0.568. The van der Waals surface area contributed by atoms with Crippen molar-refractivity contribution in [3.63, 3.8) is 0 Å². The van der Waals surface area contributed by atoms with E-state index in [1.807, 2.05) is 6.07 Å². The Hall–Kier alpha value is -2.82. The summed E-state index contributed by atoms with van der Waals surface area (Å²) >= 11 is 0. The largest absolute Gasteiger partial charge is 0.736 e. The van der Waals surface area contributed by atoms with Gasteiger partial charge in [-0.05, 0) is 37.9 Å². The summed E-state index contributed by atoms with van der Waals surface area (Å²) in [4.78, 5) is 8.37. The number of fused-ring (bicyclic) bond motifs is 1. The first-order valence-electron chi connectivity index (χ1n) is 7.42. The van der Waals surface area contributed by atoms with Crippen molar-refractivity contribution in [3.05, 3.63) is 42.2 Å². The van der Waals surface area contributed by atoms with Gasteiger partial charge in [0, 0.05) is 5.56 Å². The minimum Gasteiger partial charge on any atom is -0.593 e. The molecule has 3 rings (SSSR count). The Labute approximate surface area is 138 Å². The average Bonchev–Trinajstić information content (AvgIpc) is 2.53. The zero-order chi connectivity index (χ0) is 17.5. The topological polar surface area (TPSA) is 62.2 Å². The molecule has 5 nitrogen and oxygen atoms in total. The lowest BCUT2D eigenvalue weighted by Gasteiger charge is -2.31. The van der Waals surface area contributed by atoms with Crippen molar-refractivity contribution in [3.8, 4) is 17.3 Å². The van der Waals surface area contributed by atoms with Crippen molar-refractivity contribution in [2.24, 2.45) is 10.4 Å². The number of nitriles is 1. The van der Waals surface area contributed by atoms with Crippen LogP contribution in [0.15, 0.2) is 41.7 Å². The molecule has 0 saturated carbocycles. The Morgan fingerprint density at radius 1 is 1.21 bits per heavy atom. The SMILES string of the molecule is CC(C)(C)C1=Nc2cnc(-c3ccc(C#N)cc3)c[n+]2[B-](F)(F)O1. The molecule has 122 valence electrons. The van der Waals surface area contributed by atoms with E-state index in [9.17, 15) is 8.63 Å². The first kappa shape index (κ1) is 16.1. The Morgan fingerprint density at radius 2 is 1.88 bits per heavy atom. The maximum absolute atomic E-state index is 14.4. The van der Waals surface area contributed by atoms with E-state index in [0.717, 1.165) is 4.48 Å². The van der Waals surface area contributed by atoms with E-state index in [-0.39, 0.29) is 11.7 Å². The van der Waals surface area contributed by atoms with Crippen LogP contribution < -0.4 is 4.48 Å². The van der Waals surface area contributed by atoms with E-state index in [4.69, 9.17) is 9.92 Å². The van der Waals surface area contributed by atoms with Gasteiger partial charge in [0.15, 0.2) is 0 Å². The molecule has 1 aliphatic rings. The molecule has 1 aliphatic heterocycles. The highest BCUT2D eigenvalue weighted by atomic mass is 19.3. The molecule has 0 saturated heterocycles. The summed E-state index contributed by atoms with van der Waals surface area (Å²) < 4.78 is 34.5. The van der Waals surface area contributed by atoms with Crippen molar-refractivity contribution in [2.75, 3.05) is 0 Å². The quantitative estimate of drug-likeness (QED) is 0.755. The lowest BCUT2D eigenvalue weighted by atomic mass is 9.93. The molecule has 1 aromatic heterocycles. The monoisotopic (exact) mass is 328 g/mol. The molecule has 0 radical (unpaired) electrons. The second kappa shape index (κ2) is 5.37. The van der Waals surface area contributed by atoms with Gasteiger partial charge in [-0.25, -0.2) is 4.98 Å². The van der Waals surface area contributed by atoms with Crippen molar-refractivity contribution < 1.29 is 17.8 Å². The molecular weight excluding hydrogens is 313 g/mol. The fourth-order valence-electron chi connectivity index (χ4n) is 2.28. The third-order valence-corrected chi connectivity index (χ3v) is 3.59. The van der Waals surface area contributed by atoms with Crippen LogP contribution in [-0.4, -0.2) is 17.9 Å². The lowest BCUT2D eigenvalue weighted by Crippen LogP contribution is -2.64. The Balaban J connectivity index is 2.08. The molecule has 0 unspecified atom stereocenters. The van der Waals surface area contributed by atoms with Gasteiger partial charge in [-0.15, -0.1) is 0 Å². The predicted molar refractivity (Wildman–Crippen MR) is 85.6 cm³/mol. The van der Waals surface area contributed by atoms with Gasteiger partial charge in [-0.2, -0.15) is 5.26 Å². The fourth-order valence-corrected chi connectivity index (χ4v) is 2.28. The molecule has 8 heteroatoms. The van der Waals surface area contributed by atoms with Crippen molar-refractivity contribution in [1.82, 2.24) is 4.98 Å². The molecule has 2 aromatic rings. The summed E-state index contributed by atoms with van der Waals surface area (Å²) in [5.74, 6) is 0.0361. The van der Waals surface area contributed by atoms with E-state index in [1.165, 1.54) is 12.4 Å². The summed E-state index contributed by atoms with van der Waals surface area (Å²) in [5, 5.41) is 8.82. The number of benzene rings is 1. The molecule has 1 aromatic carbocycles. The number of rotatable bonds is 1. The summed E-state index contributed by atoms with van der Waals surface area (Å²) in [7, 11) is -4.28. The Bertz CT molecular complexity index is 867. The molecule has 0 N–H and O–H groups in total. The first-order chi connectivity index (χ1) is 11.2. The molecule has 0 fully saturated rings. The standard InChI is InChI=1S/C16H15BF2N4O/c1-16(2,3)15-22-14-9-21-13(10-23(14)17(18,19)24-15)12-6-4-11(8-20)5-7-12/h4-7,9-10H,1-3H3. The number of halogens is 2. The highest BCUT2D eigenvalue weighted by molar-refractivity contribution is 6.52. The number of aromatic nitrogens is 2. The molecule has 0 bridgehead atoms. The van der Waals surface area contributed by atoms with E-state index in [0.29, 0.717) is 16.8 Å². The smallest absolute Gasteiger partial charge is 0.593 e. The molecule has 0 atom stereocenters. The van der Waals surface area contributed by atoms with Gasteiger partial charge in [0.2, 0.25) is 0 Å². The first-order valence-corrected chi connectivity index (χ1v) is 7.42. The van der Waals surface area contributed by atoms with Gasteiger partial charge in [0.05, 0.1) is 23.2 Å². The molecular formula is C16H15BF2N4O. The van der Waals surface area contributed by atoms with Crippen LogP contribution in [-0.2, 0) is 4.65 Å². The molecule has 2 heterocycles. The van der Waals surface area contributed by atoms with Crippen LogP contribution in [0.5, 0.6) is 0 Å². The number of nitrogens with zero attached hydrogens (tertiary/aromatic N) is 4. The van der Waals surface area contributed by atoms with Crippen LogP contribution in [0.3, 0.4) is 0 Å². The summed E-state index contributed by atoms with van der Waals surface area (Å²) in [6, 6.07) is 8.54. The van der Waals surface area contributed by atoms with Gasteiger partial charge in [0.25, 0.3) is 5.90 Å². The number of hydrogen-bond donors (Lipinski definition) is 0. The van der Waals surface area contributed by atoms with E-state index in [1.54, 1.807) is 45.0 Å². The van der Waals surface area contributed by atoms with Crippen LogP contribution >= 0.6 is 0 Å². The average molecular weight is 328 g/mol. The van der Waals surface area contributed by atoms with E-state index < -0.39 is 12.5 Å². The maximum Gasteiger partial charge on any atom is 0.736 e. The molecule has 0 spiro atoms. The van der Waals surface area contributed by atoms with Crippen molar-refractivity contribution in [2.45, 2.75) is 20.8 Å². The summed E-state index contributed by atoms with van der Waals surface area (Å²) in [5.41, 5.74) is 0.834. The molecule has 24 heavy (non-hydrogen) atoms. The second-order valence-electron chi connectivity index (χ2n) is 6.57. The van der Waals surface area contributed by atoms with Crippen LogP contribution in [0.2, 0.25) is 0 Å². The van der Waals surface area contributed by atoms with Gasteiger partial charge >= 0.3 is 12.9 Å². The number of hydrogen-bond acceptors (Lipinski definition) is 4. The zero-order valence-electron chi connectivity index (χ0n) is 13.5. The van der Waals surface area contributed by atoms with E-state index >= 15 is 0 Å². The highest BCUT2D eigenvalue weighted by Crippen LogP contribution is 2.28. The minimum atomic E-state index is -4.28. The summed E-state index contributed by atoms with van der Waals surface area (Å²) in [6.07, 6.45) is 2.52. The molecule has 0 amide bonds. The Morgan fingerprint density at radius 3 is 2.46 bits per heavy atom. The van der Waals surface area contributed by atoms with Crippen molar-refractivity contribution in [1.29, 1.82) is 5.26 Å². The normalized spacial score (nSPS) is 15.8. The molecule has 0 aliphatic carbocycles. The maximum atomic E-state index is 14.4. The Kier molecular flexibility index (Phi) is 3.59. The van der Waals surface area contributed by atoms with Gasteiger partial charge in [-0.1, -0.05) is 12.1 Å². The predicted octanol–water partition coefficient (Wildman–Crippen LogP) is 3.24. The third-order valence-electron chi connectivity index (χ3n) is 3.59. The second-order valence-corrected chi connectivity index (χ2v) is 6.57. The van der Waals surface area contributed by atoms with Crippen LogP contribution in [0, 0.1) is 16.7 Å². The van der Waals surface area contributed by atoms with Gasteiger partial charge in [0.1, 0.15) is 11.9 Å². The fraction of sp³-hybridized carbons (Fsp3) is 0.250. The van der Waals surface area contributed by atoms with Crippen LogP contribution in [0.4, 0.5) is 14.4 Å². The van der Waals surface area contributed by atoms with Crippen LogP contribution in [0.1, 0.15) is 26.3 Å². The van der Waals surface area contributed by atoms with Gasteiger partial charge < -0.3 is 17.8 Å². The van der Waals surface area contributed by atoms with E-state index in [2.05, 4.69) is 9.98 Å². The van der Waals surface area contributed by atoms with Crippen LogP contribution in [0.25, 0.3) is 11.3 Å². The highest BCUT2D eigenvalue weighted by Gasteiger charge is 2.48. The summed E-state index contributed by atoms with van der Waals surface area (Å²) in [6.45, 7) is 5.27. The van der Waals surface area contributed by atoms with Gasteiger partial charge in [-0.3, -0.25) is 0 Å². The number of aliphatic imine (C=N–C) groups is 1. The van der Waals surface area contributed by atoms with Crippen molar-refractivity contribution >= 4 is 18.8 Å². The third kappa shape index (κ3) is 2.85.